The molecule has 28 heavy (non-hydrogen) atoms. The van der Waals surface area contributed by atoms with E-state index < -0.39 is 0 Å². The Kier molecular flexibility index (Phi) is 7.06. The van der Waals surface area contributed by atoms with Crippen LogP contribution in [0.3, 0.4) is 0 Å². The largest absolute Gasteiger partial charge is 0.325 e. The van der Waals surface area contributed by atoms with E-state index in [-0.39, 0.29) is 11.7 Å². The van der Waals surface area contributed by atoms with Gasteiger partial charge >= 0.3 is 0 Å². The van der Waals surface area contributed by atoms with E-state index in [0.29, 0.717) is 12.5 Å². The Morgan fingerprint density at radius 2 is 2.11 bits per heavy atom. The van der Waals surface area contributed by atoms with Crippen LogP contribution in [0.15, 0.2) is 59.6 Å². The highest BCUT2D eigenvalue weighted by molar-refractivity contribution is 7.99. The molecule has 0 aliphatic heterocycles. The molecule has 1 aromatic carbocycles. The zero-order valence-electron chi connectivity index (χ0n) is 16.1. The number of amides is 1. The topological polar surface area (TPSA) is 59.8 Å². The van der Waals surface area contributed by atoms with Crippen LogP contribution in [0.5, 0.6) is 0 Å². The average molecular weight is 413 g/mol. The van der Waals surface area contributed by atoms with E-state index in [0.717, 1.165) is 28.7 Å². The van der Waals surface area contributed by atoms with Crippen molar-refractivity contribution < 1.29 is 4.79 Å². The number of benzene rings is 1. The maximum absolute atomic E-state index is 12.5. The first-order valence-corrected chi connectivity index (χ1v) is 11.0. The number of nitrogens with zero attached hydrogens (tertiary/aromatic N) is 3. The third-order valence-corrected chi connectivity index (χ3v) is 6.05. The maximum atomic E-state index is 12.5. The second-order valence-electron chi connectivity index (χ2n) is 6.63. The minimum absolute atomic E-state index is 0.0499. The molecule has 0 aliphatic carbocycles. The average Bonchev–Trinajstić information content (AvgIpc) is 3.32. The van der Waals surface area contributed by atoms with Crippen LogP contribution < -0.4 is 5.32 Å². The fraction of sp³-hybridized carbons (Fsp3) is 0.286. The van der Waals surface area contributed by atoms with Crippen LogP contribution in [0.1, 0.15) is 36.0 Å². The molecule has 2 aromatic heterocycles. The summed E-state index contributed by atoms with van der Waals surface area (Å²) in [5, 5.41) is 14.4. The fourth-order valence-electron chi connectivity index (χ4n) is 2.87. The van der Waals surface area contributed by atoms with Crippen LogP contribution in [0, 0.1) is 0 Å². The molecule has 5 nitrogen and oxygen atoms in total. The standard InChI is InChI=1S/C21H24N4OS2/c1-4-11-25-19(13-16-8-7-12-27-16)23-24-21(25)28-14-20(26)22-18-10-6-5-9-17(18)15(2)3/h4-10,12,15H,1,11,13-14H2,2-3H3,(H,22,26). The van der Waals surface area contributed by atoms with Crippen molar-refractivity contribution in [3.8, 4) is 0 Å². The first-order chi connectivity index (χ1) is 13.6. The molecule has 0 radical (unpaired) electrons. The predicted molar refractivity (Wildman–Crippen MR) is 117 cm³/mol. The molecule has 2 heterocycles. The Hall–Kier alpha value is -2.38. The lowest BCUT2D eigenvalue weighted by molar-refractivity contribution is -0.113. The van der Waals surface area contributed by atoms with Crippen LogP contribution in [0.4, 0.5) is 5.69 Å². The van der Waals surface area contributed by atoms with Gasteiger partial charge in [-0.3, -0.25) is 4.79 Å². The molecule has 7 heteroatoms. The molecule has 0 spiro atoms. The van der Waals surface area contributed by atoms with Gasteiger partial charge in [-0.1, -0.05) is 56.0 Å². The maximum Gasteiger partial charge on any atom is 0.234 e. The van der Waals surface area contributed by atoms with E-state index in [1.54, 1.807) is 11.3 Å². The van der Waals surface area contributed by atoms with Crippen LogP contribution in [-0.4, -0.2) is 26.4 Å². The smallest absolute Gasteiger partial charge is 0.234 e. The monoisotopic (exact) mass is 412 g/mol. The van der Waals surface area contributed by atoms with E-state index >= 15 is 0 Å². The molecule has 3 aromatic rings. The molecule has 0 saturated carbocycles. The van der Waals surface area contributed by atoms with Gasteiger partial charge in [0.25, 0.3) is 0 Å². The van der Waals surface area contributed by atoms with Gasteiger partial charge in [0.05, 0.1) is 5.75 Å². The Balaban J connectivity index is 1.66. The van der Waals surface area contributed by atoms with Crippen LogP contribution in [-0.2, 0) is 17.8 Å². The normalized spacial score (nSPS) is 11.0. The molecular weight excluding hydrogens is 388 g/mol. The number of rotatable bonds is 9. The van der Waals surface area contributed by atoms with Crippen molar-refractivity contribution in [1.29, 1.82) is 0 Å². The van der Waals surface area contributed by atoms with Gasteiger partial charge in [-0.05, 0) is 29.0 Å². The molecule has 0 aliphatic rings. The summed E-state index contributed by atoms with van der Waals surface area (Å²) in [5.74, 6) is 1.46. The lowest BCUT2D eigenvalue weighted by Gasteiger charge is -2.13. The van der Waals surface area contributed by atoms with Crippen LogP contribution in [0.25, 0.3) is 0 Å². The zero-order chi connectivity index (χ0) is 19.9. The van der Waals surface area contributed by atoms with Crippen molar-refractivity contribution in [2.45, 2.75) is 37.9 Å². The van der Waals surface area contributed by atoms with Crippen molar-refractivity contribution in [3.63, 3.8) is 0 Å². The number of hydrogen-bond acceptors (Lipinski definition) is 5. The predicted octanol–water partition coefficient (Wildman–Crippen LogP) is 4.97. The molecule has 1 N–H and O–H groups in total. The molecule has 1 amide bonds. The molecule has 3 rings (SSSR count). The van der Waals surface area contributed by atoms with Gasteiger partial charge in [-0.25, -0.2) is 0 Å². The van der Waals surface area contributed by atoms with Crippen molar-refractivity contribution in [2.75, 3.05) is 11.1 Å². The highest BCUT2D eigenvalue weighted by Gasteiger charge is 2.15. The van der Waals surface area contributed by atoms with E-state index in [9.17, 15) is 4.79 Å². The van der Waals surface area contributed by atoms with E-state index in [1.807, 2.05) is 41.0 Å². The summed E-state index contributed by atoms with van der Waals surface area (Å²) < 4.78 is 2.02. The summed E-state index contributed by atoms with van der Waals surface area (Å²) in [6.45, 7) is 8.68. The molecule has 0 atom stereocenters. The number of carbonyl (C=O) groups excluding carboxylic acids is 1. The van der Waals surface area contributed by atoms with Crippen molar-refractivity contribution >= 4 is 34.7 Å². The SMILES string of the molecule is C=CCn1c(Cc2cccs2)nnc1SCC(=O)Nc1ccccc1C(C)C. The van der Waals surface area contributed by atoms with E-state index in [2.05, 4.69) is 47.4 Å². The lowest BCUT2D eigenvalue weighted by atomic mass is 10.0. The van der Waals surface area contributed by atoms with Gasteiger partial charge in [-0.15, -0.1) is 28.1 Å². The number of thioether (sulfide) groups is 1. The molecule has 0 fully saturated rings. The van der Waals surface area contributed by atoms with Crippen molar-refractivity contribution in [3.05, 3.63) is 70.7 Å². The van der Waals surface area contributed by atoms with Crippen molar-refractivity contribution in [2.24, 2.45) is 0 Å². The first kappa shape index (κ1) is 20.4. The number of carbonyl (C=O) groups is 1. The Bertz CT molecular complexity index is 932. The highest BCUT2D eigenvalue weighted by Crippen LogP contribution is 2.25. The van der Waals surface area contributed by atoms with E-state index in [1.165, 1.54) is 16.6 Å². The first-order valence-electron chi connectivity index (χ1n) is 9.15. The number of thiophene rings is 1. The number of allylic oxidation sites excluding steroid dienone is 1. The number of anilines is 1. The van der Waals surface area contributed by atoms with Gasteiger partial charge in [0.2, 0.25) is 5.91 Å². The van der Waals surface area contributed by atoms with Crippen molar-refractivity contribution in [1.82, 2.24) is 14.8 Å². The lowest BCUT2D eigenvalue weighted by Crippen LogP contribution is -2.16. The number of nitrogens with one attached hydrogen (secondary N) is 1. The second kappa shape index (κ2) is 9.71. The van der Waals surface area contributed by atoms with Gasteiger partial charge < -0.3 is 9.88 Å². The third-order valence-electron chi connectivity index (χ3n) is 4.21. The van der Waals surface area contributed by atoms with Crippen LogP contribution >= 0.6 is 23.1 Å². The quantitative estimate of drug-likeness (QED) is 0.398. The van der Waals surface area contributed by atoms with Gasteiger partial charge in [-0.2, -0.15) is 0 Å². The molecule has 0 bridgehead atoms. The summed E-state index contributed by atoms with van der Waals surface area (Å²) in [4.78, 5) is 13.7. The third kappa shape index (κ3) is 5.11. The summed E-state index contributed by atoms with van der Waals surface area (Å²) in [7, 11) is 0. The Labute approximate surface area is 173 Å². The number of aromatic nitrogens is 3. The summed E-state index contributed by atoms with van der Waals surface area (Å²) in [6.07, 6.45) is 2.55. The number of hydrogen-bond donors (Lipinski definition) is 1. The molecular formula is C21H24N4OS2. The number of para-hydroxylation sites is 1. The zero-order valence-corrected chi connectivity index (χ0v) is 17.7. The van der Waals surface area contributed by atoms with Gasteiger partial charge in [0, 0.05) is 23.5 Å². The van der Waals surface area contributed by atoms with Crippen LogP contribution in [0.2, 0.25) is 0 Å². The minimum atomic E-state index is -0.0499. The summed E-state index contributed by atoms with van der Waals surface area (Å²) in [5.41, 5.74) is 2.00. The fourth-order valence-corrected chi connectivity index (χ4v) is 4.34. The van der Waals surface area contributed by atoms with Gasteiger partial charge in [0.1, 0.15) is 5.82 Å². The molecule has 0 saturated heterocycles. The molecule has 0 unspecified atom stereocenters. The second-order valence-corrected chi connectivity index (χ2v) is 8.61. The summed E-state index contributed by atoms with van der Waals surface area (Å²) in [6, 6.07) is 12.0. The molecule has 146 valence electrons. The Morgan fingerprint density at radius 1 is 1.29 bits per heavy atom. The minimum Gasteiger partial charge on any atom is -0.325 e. The van der Waals surface area contributed by atoms with E-state index in [4.69, 9.17) is 0 Å². The summed E-state index contributed by atoms with van der Waals surface area (Å²) >= 11 is 3.09. The Morgan fingerprint density at radius 3 is 2.82 bits per heavy atom. The highest BCUT2D eigenvalue weighted by atomic mass is 32.2. The van der Waals surface area contributed by atoms with Gasteiger partial charge in [0.15, 0.2) is 5.16 Å².